The van der Waals surface area contributed by atoms with Crippen LogP contribution in [0, 0.1) is 5.92 Å². The first kappa shape index (κ1) is 12.9. The molecule has 2 bridgehead atoms. The monoisotopic (exact) mass is 265 g/mol. The lowest BCUT2D eigenvalue weighted by atomic mass is 10.2. The molecule has 1 N–H and O–H groups in total. The molecule has 2 saturated heterocycles. The Hall–Kier alpha value is -1.07. The van der Waals surface area contributed by atoms with Gasteiger partial charge in [0.25, 0.3) is 6.01 Å². The van der Waals surface area contributed by atoms with Crippen molar-refractivity contribution < 1.29 is 9.15 Å². The van der Waals surface area contributed by atoms with Crippen molar-refractivity contribution in [3.63, 3.8) is 0 Å². The van der Waals surface area contributed by atoms with Gasteiger partial charge in [-0.15, -0.1) is 0 Å². The van der Waals surface area contributed by atoms with Crippen LogP contribution >= 0.6 is 0 Å². The molecular weight excluding hydrogens is 242 g/mol. The fourth-order valence-electron chi connectivity index (χ4n) is 2.78. The molecule has 2 fully saturated rings. The maximum Gasteiger partial charge on any atom is 0.297 e. The Bertz CT molecular complexity index is 407. The predicted molar refractivity (Wildman–Crippen MR) is 73.2 cm³/mol. The van der Waals surface area contributed by atoms with Crippen LogP contribution in [0.25, 0.3) is 0 Å². The largest absolute Gasteiger partial charge is 0.432 e. The number of ether oxygens (including phenoxy) is 1. The fraction of sp³-hybridized carbons (Fsp3) is 0.786. The van der Waals surface area contributed by atoms with Gasteiger partial charge < -0.3 is 19.4 Å². The van der Waals surface area contributed by atoms with Gasteiger partial charge in [0.2, 0.25) is 0 Å². The molecule has 0 amide bonds. The van der Waals surface area contributed by atoms with Crippen molar-refractivity contribution >= 4 is 6.01 Å². The number of anilines is 1. The maximum atomic E-state index is 5.82. The molecule has 2 aliphatic heterocycles. The van der Waals surface area contributed by atoms with E-state index in [1.165, 1.54) is 12.8 Å². The minimum absolute atomic E-state index is 0.369. The van der Waals surface area contributed by atoms with Gasteiger partial charge in [-0.25, -0.2) is 0 Å². The van der Waals surface area contributed by atoms with E-state index in [-0.39, 0.29) is 0 Å². The number of morpholine rings is 1. The van der Waals surface area contributed by atoms with Gasteiger partial charge in [0, 0.05) is 19.6 Å². The maximum absolute atomic E-state index is 5.82. The minimum atomic E-state index is 0.369. The highest BCUT2D eigenvalue weighted by molar-refractivity contribution is 5.29. The standard InChI is InChI=1S/C14H23N3O2/c1-10(2)5-15-6-11-9-18-14(16-11)17-7-12-3-4-13(8-17)19-12/h9-10,12-13,15H,3-8H2,1-2H3. The molecule has 0 aliphatic carbocycles. The highest BCUT2D eigenvalue weighted by atomic mass is 16.5. The molecule has 106 valence electrons. The summed E-state index contributed by atoms with van der Waals surface area (Å²) in [7, 11) is 0. The zero-order valence-corrected chi connectivity index (χ0v) is 11.8. The predicted octanol–water partition coefficient (Wildman–Crippen LogP) is 1.79. The van der Waals surface area contributed by atoms with Crippen LogP contribution in [0.3, 0.4) is 0 Å². The van der Waals surface area contributed by atoms with Gasteiger partial charge in [-0.1, -0.05) is 13.8 Å². The topological polar surface area (TPSA) is 50.5 Å². The van der Waals surface area contributed by atoms with Gasteiger partial charge in [-0.3, -0.25) is 0 Å². The Morgan fingerprint density at radius 2 is 2.11 bits per heavy atom. The van der Waals surface area contributed by atoms with E-state index >= 15 is 0 Å². The first-order chi connectivity index (χ1) is 9.20. The number of fused-ring (bicyclic) bond motifs is 2. The minimum Gasteiger partial charge on any atom is -0.432 e. The molecule has 2 atom stereocenters. The van der Waals surface area contributed by atoms with Crippen molar-refractivity contribution in [3.05, 3.63) is 12.0 Å². The molecule has 19 heavy (non-hydrogen) atoms. The zero-order valence-electron chi connectivity index (χ0n) is 11.8. The normalized spacial score (nSPS) is 26.4. The number of oxazole rings is 1. The molecular formula is C14H23N3O2. The summed E-state index contributed by atoms with van der Waals surface area (Å²) >= 11 is 0. The zero-order chi connectivity index (χ0) is 13.2. The van der Waals surface area contributed by atoms with E-state index < -0.39 is 0 Å². The molecule has 3 rings (SSSR count). The summed E-state index contributed by atoms with van der Waals surface area (Å²) in [6, 6.07) is 0.751. The highest BCUT2D eigenvalue weighted by Crippen LogP contribution is 2.29. The van der Waals surface area contributed by atoms with Crippen molar-refractivity contribution in [2.45, 2.75) is 45.4 Å². The average Bonchev–Trinajstić information content (AvgIpc) is 2.96. The second-order valence-corrected chi connectivity index (χ2v) is 6.01. The highest BCUT2D eigenvalue weighted by Gasteiger charge is 2.35. The van der Waals surface area contributed by atoms with Gasteiger partial charge in [0.05, 0.1) is 17.9 Å². The third kappa shape index (κ3) is 3.09. The van der Waals surface area contributed by atoms with Gasteiger partial charge in [-0.05, 0) is 25.3 Å². The quantitative estimate of drug-likeness (QED) is 0.879. The summed E-state index contributed by atoms with van der Waals surface area (Å²) in [6.07, 6.45) is 4.84. The number of nitrogens with zero attached hydrogens (tertiary/aromatic N) is 2. The fourth-order valence-corrected chi connectivity index (χ4v) is 2.78. The van der Waals surface area contributed by atoms with E-state index in [0.717, 1.165) is 37.9 Å². The Labute approximate surface area is 114 Å². The lowest BCUT2D eigenvalue weighted by molar-refractivity contribution is 0.0288. The van der Waals surface area contributed by atoms with Crippen molar-refractivity contribution in [1.82, 2.24) is 10.3 Å². The summed E-state index contributed by atoms with van der Waals surface area (Å²) in [5.41, 5.74) is 0.981. The van der Waals surface area contributed by atoms with Crippen molar-refractivity contribution in [2.24, 2.45) is 5.92 Å². The molecule has 5 nitrogen and oxygen atoms in total. The van der Waals surface area contributed by atoms with Crippen LogP contribution in [0.2, 0.25) is 0 Å². The average molecular weight is 265 g/mol. The van der Waals surface area contributed by atoms with Crippen LogP contribution in [-0.4, -0.2) is 36.8 Å². The van der Waals surface area contributed by atoms with Crippen molar-refractivity contribution in [2.75, 3.05) is 24.5 Å². The van der Waals surface area contributed by atoms with Gasteiger partial charge in [-0.2, -0.15) is 4.98 Å². The van der Waals surface area contributed by atoms with Gasteiger partial charge in [0.1, 0.15) is 6.26 Å². The van der Waals surface area contributed by atoms with Crippen LogP contribution in [0.4, 0.5) is 6.01 Å². The van der Waals surface area contributed by atoms with Crippen molar-refractivity contribution in [1.29, 1.82) is 0 Å². The molecule has 2 aliphatic rings. The first-order valence-electron chi connectivity index (χ1n) is 7.26. The summed E-state index contributed by atoms with van der Waals surface area (Å²) in [4.78, 5) is 6.79. The molecule has 1 aromatic heterocycles. The molecule has 5 heteroatoms. The van der Waals surface area contributed by atoms with Crippen LogP contribution < -0.4 is 10.2 Å². The van der Waals surface area contributed by atoms with Gasteiger partial charge >= 0.3 is 0 Å². The van der Waals surface area contributed by atoms with Crippen LogP contribution in [0.1, 0.15) is 32.4 Å². The summed E-state index contributed by atoms with van der Waals surface area (Å²) in [5.74, 6) is 0.654. The lowest BCUT2D eigenvalue weighted by Gasteiger charge is -2.30. The molecule has 0 spiro atoms. The molecule has 2 unspecified atom stereocenters. The molecule has 3 heterocycles. The number of nitrogens with one attached hydrogen (secondary N) is 1. The third-order valence-electron chi connectivity index (χ3n) is 3.71. The van der Waals surface area contributed by atoms with E-state index in [1.807, 2.05) is 0 Å². The van der Waals surface area contributed by atoms with Gasteiger partial charge in [0.15, 0.2) is 0 Å². The van der Waals surface area contributed by atoms with E-state index in [2.05, 4.69) is 29.0 Å². The molecule has 0 aromatic carbocycles. The number of hydrogen-bond acceptors (Lipinski definition) is 5. The summed E-state index contributed by atoms with van der Waals surface area (Å²) in [6.45, 7) is 8.00. The number of rotatable bonds is 5. The Morgan fingerprint density at radius 3 is 2.79 bits per heavy atom. The van der Waals surface area contributed by atoms with E-state index in [0.29, 0.717) is 18.1 Å². The molecule has 0 saturated carbocycles. The third-order valence-corrected chi connectivity index (χ3v) is 3.71. The number of hydrogen-bond donors (Lipinski definition) is 1. The lowest BCUT2D eigenvalue weighted by Crippen LogP contribution is -2.42. The van der Waals surface area contributed by atoms with Crippen LogP contribution in [0.5, 0.6) is 0 Å². The molecule has 1 aromatic rings. The SMILES string of the molecule is CC(C)CNCc1coc(N2CC3CCC(C2)O3)n1. The van der Waals surface area contributed by atoms with Crippen LogP contribution in [-0.2, 0) is 11.3 Å². The second kappa shape index (κ2) is 5.51. The van der Waals surface area contributed by atoms with Crippen molar-refractivity contribution in [3.8, 4) is 0 Å². The summed E-state index contributed by atoms with van der Waals surface area (Å²) < 4.78 is 11.4. The Balaban J connectivity index is 1.55. The van der Waals surface area contributed by atoms with Crippen LogP contribution in [0.15, 0.2) is 10.7 Å². The van der Waals surface area contributed by atoms with E-state index in [4.69, 9.17) is 9.15 Å². The van der Waals surface area contributed by atoms with E-state index in [1.54, 1.807) is 6.26 Å². The Morgan fingerprint density at radius 1 is 1.37 bits per heavy atom. The smallest absolute Gasteiger partial charge is 0.297 e. The Kier molecular flexibility index (Phi) is 3.75. The number of aromatic nitrogens is 1. The van der Waals surface area contributed by atoms with E-state index in [9.17, 15) is 0 Å². The molecule has 0 radical (unpaired) electrons. The first-order valence-corrected chi connectivity index (χ1v) is 7.26. The summed E-state index contributed by atoms with van der Waals surface area (Å²) in [5, 5.41) is 3.38. The second-order valence-electron chi connectivity index (χ2n) is 6.01.